The Balaban J connectivity index is 3.07. The predicted molar refractivity (Wildman–Crippen MR) is 76.6 cm³/mol. The van der Waals surface area contributed by atoms with Crippen LogP contribution in [-0.4, -0.2) is 38.4 Å². The second-order valence-corrected chi connectivity index (χ2v) is 6.27. The van der Waals surface area contributed by atoms with Gasteiger partial charge in [-0.2, -0.15) is 0 Å². The van der Waals surface area contributed by atoms with E-state index in [1.54, 1.807) is 12.1 Å². The van der Waals surface area contributed by atoms with Crippen LogP contribution in [0.15, 0.2) is 24.3 Å². The smallest absolute Gasteiger partial charge is 0.327 e. The third-order valence-electron chi connectivity index (χ3n) is 2.63. The van der Waals surface area contributed by atoms with Crippen LogP contribution in [0.1, 0.15) is 20.3 Å². The molecule has 0 aromatic heterocycles. The van der Waals surface area contributed by atoms with Gasteiger partial charge in [0, 0.05) is 0 Å². The topological polar surface area (TPSA) is 83.9 Å². The average molecular weight is 301 g/mol. The molecule has 0 saturated carbocycles. The summed E-state index contributed by atoms with van der Waals surface area (Å²) in [6.45, 7) is 3.87. The molecule has 1 atom stereocenters. The van der Waals surface area contributed by atoms with E-state index in [-0.39, 0.29) is 0 Å². The molecule has 20 heavy (non-hydrogen) atoms. The predicted octanol–water partition coefficient (Wildman–Crippen LogP) is 1.71. The Morgan fingerprint density at radius 3 is 2.30 bits per heavy atom. The summed E-state index contributed by atoms with van der Waals surface area (Å²) in [6, 6.07) is 5.14. The highest BCUT2D eigenvalue weighted by atomic mass is 32.2. The maximum atomic E-state index is 11.8. The molecular weight excluding hydrogens is 282 g/mol. The minimum absolute atomic E-state index is 0.297. The van der Waals surface area contributed by atoms with E-state index in [0.29, 0.717) is 18.0 Å². The monoisotopic (exact) mass is 301 g/mol. The molecule has 1 aromatic carbocycles. The van der Waals surface area contributed by atoms with Crippen molar-refractivity contribution < 1.29 is 23.1 Å². The first-order chi connectivity index (χ1) is 9.27. The highest BCUT2D eigenvalue weighted by Gasteiger charge is 2.28. The lowest BCUT2D eigenvalue weighted by molar-refractivity contribution is -0.137. The number of benzene rings is 1. The zero-order chi connectivity index (χ0) is 15.3. The van der Waals surface area contributed by atoms with Crippen molar-refractivity contribution in [2.24, 2.45) is 0 Å². The van der Waals surface area contributed by atoms with Crippen LogP contribution in [0.25, 0.3) is 0 Å². The molecule has 0 bridgehead atoms. The molecule has 0 amide bonds. The van der Waals surface area contributed by atoms with E-state index in [0.717, 1.165) is 17.0 Å². The van der Waals surface area contributed by atoms with E-state index in [4.69, 9.17) is 9.84 Å². The average Bonchev–Trinajstić information content (AvgIpc) is 2.36. The largest absolute Gasteiger partial charge is 0.494 e. The summed E-state index contributed by atoms with van der Waals surface area (Å²) in [4.78, 5) is 11.0. The lowest BCUT2D eigenvalue weighted by atomic mass is 10.2. The summed E-state index contributed by atoms with van der Waals surface area (Å²) < 4.78 is 29.8. The van der Waals surface area contributed by atoms with E-state index in [1.807, 2.05) is 6.92 Å². The van der Waals surface area contributed by atoms with E-state index in [1.165, 1.54) is 19.1 Å². The van der Waals surface area contributed by atoms with Gasteiger partial charge in [0.15, 0.2) is 0 Å². The van der Waals surface area contributed by atoms with Gasteiger partial charge in [-0.05, 0) is 37.6 Å². The minimum atomic E-state index is -3.68. The molecule has 0 aliphatic rings. The number of ether oxygens (including phenoxy) is 1. The molecular formula is C13H19NO5S. The van der Waals surface area contributed by atoms with Crippen LogP contribution in [0.4, 0.5) is 5.69 Å². The molecule has 112 valence electrons. The maximum Gasteiger partial charge on any atom is 0.327 e. The van der Waals surface area contributed by atoms with E-state index in [2.05, 4.69) is 0 Å². The molecule has 0 saturated heterocycles. The second-order valence-electron chi connectivity index (χ2n) is 4.42. The van der Waals surface area contributed by atoms with Gasteiger partial charge in [0.1, 0.15) is 11.8 Å². The van der Waals surface area contributed by atoms with Crippen molar-refractivity contribution in [1.29, 1.82) is 0 Å². The van der Waals surface area contributed by atoms with Crippen molar-refractivity contribution >= 4 is 21.7 Å². The molecule has 0 spiro atoms. The van der Waals surface area contributed by atoms with Gasteiger partial charge in [0.25, 0.3) is 0 Å². The van der Waals surface area contributed by atoms with Gasteiger partial charge in [0.2, 0.25) is 10.0 Å². The van der Waals surface area contributed by atoms with Gasteiger partial charge in [-0.3, -0.25) is 4.31 Å². The van der Waals surface area contributed by atoms with Crippen molar-refractivity contribution in [1.82, 2.24) is 0 Å². The first kappa shape index (κ1) is 16.3. The Morgan fingerprint density at radius 1 is 1.35 bits per heavy atom. The summed E-state index contributed by atoms with van der Waals surface area (Å²) in [5.74, 6) is -0.589. The summed E-state index contributed by atoms with van der Waals surface area (Å²) in [5.41, 5.74) is 0.297. The zero-order valence-electron chi connectivity index (χ0n) is 11.7. The number of hydrogen-bond acceptors (Lipinski definition) is 4. The van der Waals surface area contributed by atoms with Crippen molar-refractivity contribution in [3.05, 3.63) is 24.3 Å². The zero-order valence-corrected chi connectivity index (χ0v) is 12.6. The van der Waals surface area contributed by atoms with E-state index in [9.17, 15) is 13.2 Å². The standard InChI is InChI=1S/C13H19NO5S/c1-4-9-19-12-7-5-11(6-8-12)14(20(3,17)18)10(2)13(15)16/h5-8,10H,4,9H2,1-3H3,(H,15,16). The first-order valence-corrected chi connectivity index (χ1v) is 8.07. The minimum Gasteiger partial charge on any atom is -0.494 e. The van der Waals surface area contributed by atoms with Gasteiger partial charge < -0.3 is 9.84 Å². The third-order valence-corrected chi connectivity index (χ3v) is 3.87. The SMILES string of the molecule is CCCOc1ccc(N(C(C)C(=O)O)S(C)(=O)=O)cc1. The molecule has 0 fully saturated rings. The highest BCUT2D eigenvalue weighted by Crippen LogP contribution is 2.24. The Labute approximate surface area is 119 Å². The summed E-state index contributed by atoms with van der Waals surface area (Å²) in [7, 11) is -3.68. The number of carboxylic acid groups (broad SMARTS) is 1. The molecule has 0 heterocycles. The molecule has 0 aliphatic carbocycles. The number of carbonyl (C=O) groups is 1. The fourth-order valence-electron chi connectivity index (χ4n) is 1.71. The fraction of sp³-hybridized carbons (Fsp3) is 0.462. The molecule has 1 unspecified atom stereocenters. The van der Waals surface area contributed by atoms with Crippen molar-refractivity contribution in [2.45, 2.75) is 26.3 Å². The van der Waals surface area contributed by atoms with E-state index >= 15 is 0 Å². The Bertz CT molecular complexity index is 553. The first-order valence-electron chi connectivity index (χ1n) is 6.22. The van der Waals surface area contributed by atoms with E-state index < -0.39 is 22.0 Å². The van der Waals surface area contributed by atoms with Gasteiger partial charge in [-0.15, -0.1) is 0 Å². The van der Waals surface area contributed by atoms with Gasteiger partial charge in [0.05, 0.1) is 18.6 Å². The number of nitrogens with zero attached hydrogens (tertiary/aromatic N) is 1. The van der Waals surface area contributed by atoms with Gasteiger partial charge >= 0.3 is 5.97 Å². The maximum absolute atomic E-state index is 11.8. The quantitative estimate of drug-likeness (QED) is 0.829. The molecule has 7 heteroatoms. The van der Waals surface area contributed by atoms with Crippen LogP contribution in [-0.2, 0) is 14.8 Å². The molecule has 1 N–H and O–H groups in total. The summed E-state index contributed by atoms with van der Waals surface area (Å²) in [5, 5.41) is 9.02. The van der Waals surface area contributed by atoms with Crippen molar-refractivity contribution in [2.75, 3.05) is 17.2 Å². The van der Waals surface area contributed by atoms with Crippen LogP contribution in [0.5, 0.6) is 5.75 Å². The third kappa shape index (κ3) is 4.12. The Hall–Kier alpha value is -1.76. The second kappa shape index (κ2) is 6.60. The normalized spacial score (nSPS) is 12.8. The van der Waals surface area contributed by atoms with Crippen LogP contribution in [0.2, 0.25) is 0 Å². The number of anilines is 1. The number of sulfonamides is 1. The van der Waals surface area contributed by atoms with Crippen molar-refractivity contribution in [3.63, 3.8) is 0 Å². The molecule has 6 nitrogen and oxygen atoms in total. The summed E-state index contributed by atoms with van der Waals surface area (Å²) >= 11 is 0. The molecule has 0 aliphatic heterocycles. The Kier molecular flexibility index (Phi) is 5.38. The number of carboxylic acids is 1. The van der Waals surface area contributed by atoms with Crippen LogP contribution >= 0.6 is 0 Å². The van der Waals surface area contributed by atoms with Crippen LogP contribution in [0, 0.1) is 0 Å². The number of rotatable bonds is 7. The Morgan fingerprint density at radius 2 is 1.90 bits per heavy atom. The molecule has 0 radical (unpaired) electrons. The highest BCUT2D eigenvalue weighted by molar-refractivity contribution is 7.92. The number of hydrogen-bond donors (Lipinski definition) is 1. The van der Waals surface area contributed by atoms with Crippen LogP contribution < -0.4 is 9.04 Å². The summed E-state index contributed by atoms with van der Waals surface area (Å²) in [6.07, 6.45) is 1.85. The fourth-order valence-corrected chi connectivity index (χ4v) is 2.88. The van der Waals surface area contributed by atoms with Crippen molar-refractivity contribution in [3.8, 4) is 5.75 Å². The lowest BCUT2D eigenvalue weighted by Crippen LogP contribution is -2.42. The van der Waals surface area contributed by atoms with Gasteiger partial charge in [-0.25, -0.2) is 13.2 Å². The lowest BCUT2D eigenvalue weighted by Gasteiger charge is -2.26. The van der Waals surface area contributed by atoms with Crippen LogP contribution in [0.3, 0.4) is 0 Å². The number of aliphatic carboxylic acids is 1. The molecule has 1 rings (SSSR count). The molecule has 1 aromatic rings. The van der Waals surface area contributed by atoms with Gasteiger partial charge in [-0.1, -0.05) is 6.92 Å².